The lowest BCUT2D eigenvalue weighted by molar-refractivity contribution is -0.171. The first kappa shape index (κ1) is 20.8. The predicted octanol–water partition coefficient (Wildman–Crippen LogP) is 1.02. The molecule has 0 radical (unpaired) electrons. The molecule has 0 aliphatic heterocycles. The summed E-state index contributed by atoms with van der Waals surface area (Å²) in [6, 6.07) is 12.7. The summed E-state index contributed by atoms with van der Waals surface area (Å²) in [5, 5.41) is 43.6. The van der Waals surface area contributed by atoms with Gasteiger partial charge in [-0.25, -0.2) is 0 Å². The highest BCUT2D eigenvalue weighted by atomic mass is 16.4. The van der Waals surface area contributed by atoms with Crippen molar-refractivity contribution in [1.29, 1.82) is 0 Å². The molecule has 3 aromatic rings. The Morgan fingerprint density at radius 3 is 1.62 bits per heavy atom. The van der Waals surface area contributed by atoms with Crippen LogP contribution in [-0.2, 0) is 4.79 Å². The van der Waals surface area contributed by atoms with Gasteiger partial charge in [0.15, 0.2) is 5.60 Å². The molecule has 0 aliphatic carbocycles. The molecule has 0 amide bonds. The lowest BCUT2D eigenvalue weighted by atomic mass is 9.67. The van der Waals surface area contributed by atoms with Gasteiger partial charge in [0.2, 0.25) is 28.7 Å². The van der Waals surface area contributed by atoms with Gasteiger partial charge in [-0.3, -0.25) is 19.2 Å². The van der Waals surface area contributed by atoms with Gasteiger partial charge in [-0.2, -0.15) is 0 Å². The van der Waals surface area contributed by atoms with Gasteiger partial charge in [0.05, 0.1) is 10.7 Å². The van der Waals surface area contributed by atoms with Crippen molar-refractivity contribution < 1.29 is 43.7 Å². The molecule has 0 heterocycles. The summed E-state index contributed by atoms with van der Waals surface area (Å²) in [7, 11) is 0. The van der Waals surface area contributed by atoms with Gasteiger partial charge in [-0.1, -0.05) is 90.9 Å². The summed E-state index contributed by atoms with van der Waals surface area (Å²) in [6.45, 7) is -1.46. The first-order valence-corrected chi connectivity index (χ1v) is 10.0. The lowest BCUT2D eigenvalue weighted by Gasteiger charge is -2.41. The Morgan fingerprint density at radius 2 is 1.18 bits per heavy atom. The standard InChI is InChI=1S/C26H22O8/c27-16-20(28)25(33,22(30)18-12-6-2-7-13-18)26(34,23(31)19-14-8-3-9-15-19)24(32)21(29)17-10-4-1-5-11-17/h1-15,20,27-28,33-34H,16H2/t20-,25-,26-/m1/s1/i10D,12D,14D. The van der Waals surface area contributed by atoms with E-state index in [0.717, 1.165) is 36.4 Å². The van der Waals surface area contributed by atoms with E-state index in [1.807, 2.05) is 0 Å². The highest BCUT2D eigenvalue weighted by Crippen LogP contribution is 2.35. The molecule has 4 N–H and O–H groups in total. The second-order valence-electron chi connectivity index (χ2n) is 7.32. The fraction of sp³-hybridized carbons (Fsp3) is 0.154. The number of benzene rings is 3. The fourth-order valence-electron chi connectivity index (χ4n) is 3.43. The van der Waals surface area contributed by atoms with Crippen LogP contribution in [0.2, 0.25) is 0 Å². The minimum absolute atomic E-state index is 0.481. The van der Waals surface area contributed by atoms with E-state index in [1.165, 1.54) is 36.4 Å². The molecular weight excluding hydrogens is 440 g/mol. The van der Waals surface area contributed by atoms with Crippen LogP contribution in [-0.4, -0.2) is 67.5 Å². The van der Waals surface area contributed by atoms with Crippen LogP contribution < -0.4 is 0 Å². The van der Waals surface area contributed by atoms with E-state index in [9.17, 15) is 39.6 Å². The average molecular weight is 465 g/mol. The van der Waals surface area contributed by atoms with Crippen LogP contribution in [0.15, 0.2) is 90.9 Å². The van der Waals surface area contributed by atoms with Gasteiger partial charge in [0.1, 0.15) is 6.10 Å². The van der Waals surface area contributed by atoms with Gasteiger partial charge in [0.25, 0.3) is 0 Å². The zero-order chi connectivity index (χ0) is 27.5. The van der Waals surface area contributed by atoms with Crippen LogP contribution in [0.3, 0.4) is 0 Å². The maximum atomic E-state index is 13.7. The van der Waals surface area contributed by atoms with E-state index in [-0.39, 0.29) is 0 Å². The lowest BCUT2D eigenvalue weighted by Crippen LogP contribution is -2.74. The van der Waals surface area contributed by atoms with Crippen molar-refractivity contribution in [3.63, 3.8) is 0 Å². The van der Waals surface area contributed by atoms with Gasteiger partial charge in [0, 0.05) is 16.7 Å². The molecule has 0 bridgehead atoms. The maximum absolute atomic E-state index is 13.7. The van der Waals surface area contributed by atoms with E-state index >= 15 is 0 Å². The van der Waals surface area contributed by atoms with Crippen LogP contribution in [0, 0.1) is 0 Å². The molecule has 3 rings (SSSR count). The van der Waals surface area contributed by atoms with Crippen molar-refractivity contribution >= 4 is 23.1 Å². The molecule has 0 unspecified atom stereocenters. The fourth-order valence-corrected chi connectivity index (χ4v) is 3.43. The van der Waals surface area contributed by atoms with Crippen molar-refractivity contribution in [2.75, 3.05) is 6.61 Å². The molecule has 0 aromatic heterocycles. The summed E-state index contributed by atoms with van der Waals surface area (Å²) in [4.78, 5) is 54.1. The topological polar surface area (TPSA) is 149 Å². The average Bonchev–Trinajstić information content (AvgIpc) is 2.90. The number of hydrogen-bond acceptors (Lipinski definition) is 8. The Labute approximate surface area is 199 Å². The van der Waals surface area contributed by atoms with Gasteiger partial charge < -0.3 is 20.4 Å². The van der Waals surface area contributed by atoms with E-state index in [2.05, 4.69) is 0 Å². The van der Waals surface area contributed by atoms with Gasteiger partial charge >= 0.3 is 0 Å². The number of carbonyl (C=O) groups excluding carboxylic acids is 4. The third-order valence-electron chi connectivity index (χ3n) is 5.28. The highest BCUT2D eigenvalue weighted by molar-refractivity contribution is 6.52. The molecule has 0 fully saturated rings. The number of rotatable bonds is 10. The highest BCUT2D eigenvalue weighted by Gasteiger charge is 2.68. The Morgan fingerprint density at radius 1 is 0.735 bits per heavy atom. The minimum atomic E-state index is -4.09. The van der Waals surface area contributed by atoms with Crippen LogP contribution in [0.5, 0.6) is 0 Å². The van der Waals surface area contributed by atoms with Crippen molar-refractivity contribution in [2.24, 2.45) is 0 Å². The van der Waals surface area contributed by atoms with Crippen LogP contribution >= 0.6 is 0 Å². The smallest absolute Gasteiger partial charge is 0.246 e. The third kappa shape index (κ3) is 4.11. The Hall–Kier alpha value is -3.82. The summed E-state index contributed by atoms with van der Waals surface area (Å²) in [5.74, 6) is -7.24. The summed E-state index contributed by atoms with van der Waals surface area (Å²) < 4.78 is 23.9. The first-order chi connectivity index (χ1) is 17.4. The maximum Gasteiger partial charge on any atom is 0.246 e. The molecular formula is C26H22O8. The van der Waals surface area contributed by atoms with Gasteiger partial charge in [-0.15, -0.1) is 0 Å². The molecule has 8 nitrogen and oxygen atoms in total. The van der Waals surface area contributed by atoms with E-state index in [4.69, 9.17) is 4.11 Å². The number of carbonyl (C=O) groups is 4. The molecule has 8 heteroatoms. The summed E-state index contributed by atoms with van der Waals surface area (Å²) in [5.41, 5.74) is -9.93. The van der Waals surface area contributed by atoms with E-state index in [0.29, 0.717) is 0 Å². The minimum Gasteiger partial charge on any atom is -0.394 e. The second kappa shape index (κ2) is 9.98. The van der Waals surface area contributed by atoms with Gasteiger partial charge in [-0.05, 0) is 0 Å². The van der Waals surface area contributed by atoms with Crippen molar-refractivity contribution in [3.8, 4) is 0 Å². The predicted molar refractivity (Wildman–Crippen MR) is 120 cm³/mol. The van der Waals surface area contributed by atoms with Crippen LogP contribution in [0.1, 0.15) is 35.2 Å². The second-order valence-corrected chi connectivity index (χ2v) is 7.32. The van der Waals surface area contributed by atoms with Crippen molar-refractivity contribution in [1.82, 2.24) is 0 Å². The number of hydrogen-bond donors (Lipinski definition) is 4. The largest absolute Gasteiger partial charge is 0.394 e. The Bertz CT molecular complexity index is 1390. The number of ketones is 4. The van der Waals surface area contributed by atoms with Crippen LogP contribution in [0.25, 0.3) is 0 Å². The Balaban J connectivity index is 2.37. The van der Waals surface area contributed by atoms with Crippen LogP contribution in [0.4, 0.5) is 0 Å². The first-order valence-electron chi connectivity index (χ1n) is 11.5. The zero-order valence-corrected chi connectivity index (χ0v) is 17.6. The monoisotopic (exact) mass is 465 g/mol. The molecule has 174 valence electrons. The molecule has 0 saturated heterocycles. The zero-order valence-electron chi connectivity index (χ0n) is 20.6. The molecule has 3 atom stereocenters. The van der Waals surface area contributed by atoms with Crippen molar-refractivity contribution in [3.05, 3.63) is 108 Å². The quantitative estimate of drug-likeness (QED) is 0.197. The van der Waals surface area contributed by atoms with E-state index < -0.39 is 81.9 Å². The normalized spacial score (nSPS) is 16.6. The number of aliphatic hydroxyl groups excluding tert-OH is 2. The molecule has 0 aliphatic rings. The van der Waals surface area contributed by atoms with E-state index in [1.54, 1.807) is 0 Å². The summed E-state index contributed by atoms with van der Waals surface area (Å²) in [6.07, 6.45) is -2.71. The number of aliphatic hydroxyl groups is 4. The van der Waals surface area contributed by atoms with Crippen molar-refractivity contribution in [2.45, 2.75) is 17.3 Å². The molecule has 0 spiro atoms. The molecule has 34 heavy (non-hydrogen) atoms. The molecule has 0 saturated carbocycles. The Kier molecular flexibility index (Phi) is 6.10. The third-order valence-corrected chi connectivity index (χ3v) is 5.28. The molecule has 3 aromatic carbocycles. The summed E-state index contributed by atoms with van der Waals surface area (Å²) >= 11 is 0. The number of Topliss-reactive ketones (excluding diaryl/α,β-unsaturated/α-hetero) is 4. The SMILES string of the molecule is [2H]c1ccccc1C(=O)C(=O)[C@](O)(C(=O)c1ccccc1[2H])[C@](O)(C(=O)c1ccccc1[2H])[C@H](O)CO.